The fourth-order valence-corrected chi connectivity index (χ4v) is 1.80. The van der Waals surface area contributed by atoms with Crippen molar-refractivity contribution in [1.82, 2.24) is 0 Å². The molecule has 1 amide bonds. The Morgan fingerprint density at radius 2 is 2.15 bits per heavy atom. The highest BCUT2D eigenvalue weighted by Crippen LogP contribution is 2.23. The molecule has 1 rings (SSSR count). The summed E-state index contributed by atoms with van der Waals surface area (Å²) in [6.07, 6.45) is 1.07. The summed E-state index contributed by atoms with van der Waals surface area (Å²) < 4.78 is 5.03. The minimum atomic E-state index is -1.10. The summed E-state index contributed by atoms with van der Waals surface area (Å²) in [5.74, 6) is -0.781. The molecular weight excluding hydrogens is 260 g/mol. The molecule has 1 atom stereocenters. The summed E-state index contributed by atoms with van der Waals surface area (Å²) in [4.78, 5) is 23.0. The lowest BCUT2D eigenvalue weighted by molar-refractivity contribution is -0.117. The molecule has 6 nitrogen and oxygen atoms in total. The molecule has 0 aliphatic carbocycles. The molecule has 1 unspecified atom stereocenters. The van der Waals surface area contributed by atoms with Crippen LogP contribution in [0.2, 0.25) is 0 Å². The first-order valence-corrected chi connectivity index (χ1v) is 6.43. The Morgan fingerprint density at radius 1 is 1.45 bits per heavy atom. The summed E-state index contributed by atoms with van der Waals surface area (Å²) in [5.41, 5.74) is 5.81. The number of rotatable bonds is 7. The Hall–Kier alpha value is -2.08. The Balaban J connectivity index is 2.89. The van der Waals surface area contributed by atoms with Crippen LogP contribution in [-0.4, -0.2) is 30.6 Å². The van der Waals surface area contributed by atoms with Gasteiger partial charge in [0.15, 0.2) is 0 Å². The highest BCUT2D eigenvalue weighted by atomic mass is 16.5. The quantitative estimate of drug-likeness (QED) is 0.705. The fraction of sp³-hybridized carbons (Fsp3) is 0.429. The van der Waals surface area contributed by atoms with E-state index in [0.717, 1.165) is 6.42 Å². The molecule has 0 spiro atoms. The van der Waals surface area contributed by atoms with Gasteiger partial charge in [-0.2, -0.15) is 0 Å². The Bertz CT molecular complexity index is 484. The van der Waals surface area contributed by atoms with E-state index in [0.29, 0.717) is 12.3 Å². The number of nitrogens with two attached hydrogens (primary N) is 1. The van der Waals surface area contributed by atoms with Crippen molar-refractivity contribution in [2.24, 2.45) is 11.7 Å². The average Bonchev–Trinajstić information content (AvgIpc) is 2.44. The molecule has 0 bridgehead atoms. The standard InChI is InChI=1S/C14H20N2O4/c1-3-9(8-15)6-13(17)16-12-7-10(20-2)4-5-11(12)14(18)19/h4-5,7,9H,3,6,8,15H2,1-2H3,(H,16,17)(H,18,19). The molecular formula is C14H20N2O4. The molecule has 0 radical (unpaired) electrons. The molecule has 20 heavy (non-hydrogen) atoms. The van der Waals surface area contributed by atoms with Gasteiger partial charge >= 0.3 is 5.97 Å². The number of hydrogen-bond acceptors (Lipinski definition) is 4. The van der Waals surface area contributed by atoms with Crippen LogP contribution >= 0.6 is 0 Å². The maximum absolute atomic E-state index is 11.9. The third-order valence-corrected chi connectivity index (χ3v) is 3.12. The smallest absolute Gasteiger partial charge is 0.337 e. The van der Waals surface area contributed by atoms with Gasteiger partial charge in [-0.3, -0.25) is 4.79 Å². The van der Waals surface area contributed by atoms with Crippen LogP contribution in [-0.2, 0) is 4.79 Å². The second-order valence-electron chi connectivity index (χ2n) is 4.48. The average molecular weight is 280 g/mol. The second kappa shape index (κ2) is 7.49. The number of aromatic carboxylic acids is 1. The van der Waals surface area contributed by atoms with Crippen LogP contribution in [0.1, 0.15) is 30.1 Å². The molecule has 0 aliphatic heterocycles. The van der Waals surface area contributed by atoms with Gasteiger partial charge < -0.3 is 20.9 Å². The molecule has 6 heteroatoms. The van der Waals surface area contributed by atoms with Gasteiger partial charge in [0.1, 0.15) is 5.75 Å². The monoisotopic (exact) mass is 280 g/mol. The molecule has 0 fully saturated rings. The minimum absolute atomic E-state index is 0.0277. The summed E-state index contributed by atoms with van der Waals surface area (Å²) in [6.45, 7) is 2.38. The number of nitrogens with one attached hydrogen (secondary N) is 1. The van der Waals surface area contributed by atoms with Crippen LogP contribution in [0.25, 0.3) is 0 Å². The largest absolute Gasteiger partial charge is 0.497 e. The molecule has 4 N–H and O–H groups in total. The lowest BCUT2D eigenvalue weighted by Crippen LogP contribution is -2.22. The normalized spacial score (nSPS) is 11.8. The summed E-state index contributed by atoms with van der Waals surface area (Å²) in [7, 11) is 1.48. The number of carbonyl (C=O) groups excluding carboxylic acids is 1. The van der Waals surface area contributed by atoms with Gasteiger partial charge in [-0.25, -0.2) is 4.79 Å². The van der Waals surface area contributed by atoms with Gasteiger partial charge in [0.2, 0.25) is 5.91 Å². The number of benzene rings is 1. The number of methoxy groups -OCH3 is 1. The molecule has 1 aromatic rings. The van der Waals surface area contributed by atoms with Gasteiger partial charge in [-0.1, -0.05) is 13.3 Å². The fourth-order valence-electron chi connectivity index (χ4n) is 1.80. The van der Waals surface area contributed by atoms with Crippen molar-refractivity contribution < 1.29 is 19.4 Å². The molecule has 0 aromatic heterocycles. The number of ether oxygens (including phenoxy) is 1. The SMILES string of the molecule is CCC(CN)CC(=O)Nc1cc(OC)ccc1C(=O)O. The van der Waals surface area contributed by atoms with E-state index in [-0.39, 0.29) is 29.5 Å². The zero-order valence-corrected chi connectivity index (χ0v) is 11.7. The predicted octanol–water partition coefficient (Wildman–Crippen LogP) is 1.71. The molecule has 0 heterocycles. The van der Waals surface area contributed by atoms with Gasteiger partial charge in [0.25, 0.3) is 0 Å². The highest BCUT2D eigenvalue weighted by molar-refractivity contribution is 6.00. The first-order chi connectivity index (χ1) is 9.51. The lowest BCUT2D eigenvalue weighted by atomic mass is 10.0. The van der Waals surface area contributed by atoms with Crippen LogP contribution in [0, 0.1) is 5.92 Å². The van der Waals surface area contributed by atoms with Gasteiger partial charge in [-0.15, -0.1) is 0 Å². The maximum atomic E-state index is 11.9. The van der Waals surface area contributed by atoms with Crippen molar-refractivity contribution in [2.45, 2.75) is 19.8 Å². The Labute approximate surface area is 117 Å². The molecule has 1 aromatic carbocycles. The molecule has 0 saturated carbocycles. The summed E-state index contributed by atoms with van der Waals surface area (Å²) in [5, 5.41) is 11.7. The topological polar surface area (TPSA) is 102 Å². The van der Waals surface area contributed by atoms with E-state index in [4.69, 9.17) is 15.6 Å². The van der Waals surface area contributed by atoms with Crippen molar-refractivity contribution in [3.63, 3.8) is 0 Å². The van der Waals surface area contributed by atoms with Crippen molar-refractivity contribution in [2.75, 3.05) is 19.0 Å². The van der Waals surface area contributed by atoms with Crippen molar-refractivity contribution in [3.05, 3.63) is 23.8 Å². The van der Waals surface area contributed by atoms with Gasteiger partial charge in [0.05, 0.1) is 18.4 Å². The number of anilines is 1. The van der Waals surface area contributed by atoms with E-state index in [1.807, 2.05) is 6.92 Å². The van der Waals surface area contributed by atoms with Crippen LogP contribution in [0.5, 0.6) is 5.75 Å². The van der Waals surface area contributed by atoms with Crippen LogP contribution < -0.4 is 15.8 Å². The van der Waals surface area contributed by atoms with Crippen molar-refractivity contribution in [1.29, 1.82) is 0 Å². The minimum Gasteiger partial charge on any atom is -0.497 e. The van der Waals surface area contributed by atoms with Crippen LogP contribution in [0.15, 0.2) is 18.2 Å². The third-order valence-electron chi connectivity index (χ3n) is 3.12. The maximum Gasteiger partial charge on any atom is 0.337 e. The zero-order valence-electron chi connectivity index (χ0n) is 11.7. The van der Waals surface area contributed by atoms with E-state index in [1.165, 1.54) is 25.3 Å². The van der Waals surface area contributed by atoms with Gasteiger partial charge in [-0.05, 0) is 24.6 Å². The van der Waals surface area contributed by atoms with E-state index in [9.17, 15) is 9.59 Å². The van der Waals surface area contributed by atoms with Crippen LogP contribution in [0.3, 0.4) is 0 Å². The Kier molecular flexibility index (Phi) is 5.99. The van der Waals surface area contributed by atoms with E-state index in [1.54, 1.807) is 0 Å². The van der Waals surface area contributed by atoms with E-state index in [2.05, 4.69) is 5.32 Å². The summed E-state index contributed by atoms with van der Waals surface area (Å²) >= 11 is 0. The predicted molar refractivity (Wildman–Crippen MR) is 76.0 cm³/mol. The van der Waals surface area contributed by atoms with Gasteiger partial charge in [0, 0.05) is 12.5 Å². The van der Waals surface area contributed by atoms with Crippen LogP contribution in [0.4, 0.5) is 5.69 Å². The zero-order chi connectivity index (χ0) is 15.1. The third kappa shape index (κ3) is 4.24. The lowest BCUT2D eigenvalue weighted by Gasteiger charge is -2.14. The second-order valence-corrected chi connectivity index (χ2v) is 4.48. The first kappa shape index (κ1) is 16.0. The number of amides is 1. The highest BCUT2D eigenvalue weighted by Gasteiger charge is 2.16. The number of carbonyl (C=O) groups is 2. The van der Waals surface area contributed by atoms with E-state index < -0.39 is 5.97 Å². The molecule has 0 aliphatic rings. The number of carboxylic acid groups (broad SMARTS) is 1. The molecule has 110 valence electrons. The summed E-state index contributed by atoms with van der Waals surface area (Å²) in [6, 6.07) is 4.43. The number of carboxylic acids is 1. The van der Waals surface area contributed by atoms with Crippen molar-refractivity contribution >= 4 is 17.6 Å². The first-order valence-electron chi connectivity index (χ1n) is 6.43. The van der Waals surface area contributed by atoms with E-state index >= 15 is 0 Å². The number of hydrogen-bond donors (Lipinski definition) is 3. The molecule has 0 saturated heterocycles. The Morgan fingerprint density at radius 3 is 2.65 bits per heavy atom. The van der Waals surface area contributed by atoms with Crippen molar-refractivity contribution in [3.8, 4) is 5.75 Å².